The van der Waals surface area contributed by atoms with Crippen molar-refractivity contribution in [2.75, 3.05) is 0 Å². The van der Waals surface area contributed by atoms with Crippen LogP contribution in [-0.2, 0) is 22.4 Å². The van der Waals surface area contributed by atoms with Crippen LogP contribution >= 0.6 is 0 Å². The third-order valence-corrected chi connectivity index (χ3v) is 0. The van der Waals surface area contributed by atoms with E-state index in [2.05, 4.69) is 0 Å². The van der Waals surface area contributed by atoms with Gasteiger partial charge in [-0.15, -0.1) is 0 Å². The van der Waals surface area contributed by atoms with Crippen molar-refractivity contribution in [2.45, 2.75) is 0 Å². The second-order valence-electron chi connectivity index (χ2n) is 0. The average molecular weight is 159 g/mol. The standard InChI is InChI=1S/Ag.FH.2H2N/h;1H;2*1H2/q+1;;2*-1/p-1. The minimum atomic E-state index is 0. The van der Waals surface area contributed by atoms with Gasteiger partial charge in [-0.1, -0.05) is 0 Å². The molecule has 0 radical (unpaired) electrons. The molecule has 4 heteroatoms. The molecule has 4 N–H and O–H groups in total. The van der Waals surface area contributed by atoms with Gasteiger partial charge in [0.2, 0.25) is 0 Å². The molecule has 0 heterocycles. The zero-order chi connectivity index (χ0) is 0. The molecule has 0 rings (SSSR count). The van der Waals surface area contributed by atoms with Crippen molar-refractivity contribution in [3.8, 4) is 0 Å². The van der Waals surface area contributed by atoms with E-state index >= 15 is 0 Å². The minimum absolute atomic E-state index is 0. The Labute approximate surface area is 40.0 Å². The SMILES string of the molecule is [Ag+].[F-].[NH2-].[NH2-]. The van der Waals surface area contributed by atoms with Gasteiger partial charge in [-0.2, -0.15) is 0 Å². The van der Waals surface area contributed by atoms with Crippen molar-refractivity contribution >= 4 is 0 Å². The fourth-order valence-electron chi connectivity index (χ4n) is 0. The molecule has 34 valence electrons. The molecule has 0 aliphatic carbocycles. The Bertz CT molecular complexity index is 6.00. The summed E-state index contributed by atoms with van der Waals surface area (Å²) in [7, 11) is 0. The summed E-state index contributed by atoms with van der Waals surface area (Å²) in [6, 6.07) is 0. The van der Waals surface area contributed by atoms with E-state index in [-0.39, 0.29) is 39.4 Å². The predicted molar refractivity (Wildman–Crippen MR) is 10.6 cm³/mol. The average Bonchev–Trinajstić information content (AvgIpc) is 0. The van der Waals surface area contributed by atoms with Crippen molar-refractivity contribution in [3.63, 3.8) is 0 Å². The number of halogens is 1. The maximum Gasteiger partial charge on any atom is 1.00 e. The predicted octanol–water partition coefficient (Wildman–Crippen LogP) is -1.56. The van der Waals surface area contributed by atoms with Crippen molar-refractivity contribution in [1.82, 2.24) is 0 Å². The van der Waals surface area contributed by atoms with Gasteiger partial charge in [0, 0.05) is 0 Å². The molecule has 0 aliphatic heterocycles. The summed E-state index contributed by atoms with van der Waals surface area (Å²) in [5.41, 5.74) is 0. The Hall–Kier alpha value is 0.590. The van der Waals surface area contributed by atoms with E-state index in [9.17, 15) is 0 Å². The van der Waals surface area contributed by atoms with E-state index in [0.29, 0.717) is 0 Å². The molecular weight excluding hydrogens is 155 g/mol. The molecule has 0 aromatic carbocycles. The summed E-state index contributed by atoms with van der Waals surface area (Å²) in [4.78, 5) is 0. The smallest absolute Gasteiger partial charge is 1.00 e. The zero-order valence-corrected chi connectivity index (χ0v) is 3.32. The minimum Gasteiger partial charge on any atom is -1.00 e. The zero-order valence-electron chi connectivity index (χ0n) is 1.83. The first-order chi connectivity index (χ1) is 0. The fourth-order valence-corrected chi connectivity index (χ4v) is 0. The maximum absolute atomic E-state index is 0. The number of rotatable bonds is 0. The first-order valence-electron chi connectivity index (χ1n) is 0. The third kappa shape index (κ3) is 18.8. The van der Waals surface area contributed by atoms with Crippen molar-refractivity contribution in [3.05, 3.63) is 12.3 Å². The molecule has 0 fully saturated rings. The first kappa shape index (κ1) is 170. The molecule has 0 aromatic heterocycles. The van der Waals surface area contributed by atoms with Gasteiger partial charge < -0.3 is 17.0 Å². The van der Waals surface area contributed by atoms with E-state index < -0.39 is 0 Å². The molecule has 0 spiro atoms. The van der Waals surface area contributed by atoms with Crippen LogP contribution in [0.15, 0.2) is 0 Å². The summed E-state index contributed by atoms with van der Waals surface area (Å²) in [5.74, 6) is 0. The number of hydrogen-bond donors (Lipinski definition) is 0. The fraction of sp³-hybridized carbons (Fsp3) is 0. The summed E-state index contributed by atoms with van der Waals surface area (Å²) in [6.45, 7) is 0. The quantitative estimate of drug-likeness (QED) is 0.383. The molecule has 0 atom stereocenters. The molecule has 0 saturated carbocycles. The molecule has 0 bridgehead atoms. The van der Waals surface area contributed by atoms with Gasteiger partial charge in [0.25, 0.3) is 0 Å². The molecule has 4 heavy (non-hydrogen) atoms. The van der Waals surface area contributed by atoms with Crippen molar-refractivity contribution < 1.29 is 27.1 Å². The van der Waals surface area contributed by atoms with Gasteiger partial charge in [0.1, 0.15) is 0 Å². The molecule has 0 amide bonds. The maximum atomic E-state index is 0. The van der Waals surface area contributed by atoms with E-state index in [1.807, 2.05) is 0 Å². The van der Waals surface area contributed by atoms with Gasteiger partial charge >= 0.3 is 22.4 Å². The van der Waals surface area contributed by atoms with Crippen LogP contribution in [0.25, 0.3) is 12.3 Å². The van der Waals surface area contributed by atoms with Gasteiger partial charge in [0.15, 0.2) is 0 Å². The van der Waals surface area contributed by atoms with E-state index in [1.165, 1.54) is 0 Å². The van der Waals surface area contributed by atoms with Crippen LogP contribution in [0.3, 0.4) is 0 Å². The van der Waals surface area contributed by atoms with Crippen molar-refractivity contribution in [1.29, 1.82) is 0 Å². The topological polar surface area (TPSA) is 67.0 Å². The van der Waals surface area contributed by atoms with E-state index in [0.717, 1.165) is 0 Å². The molecule has 0 aromatic rings. The second kappa shape index (κ2) is 69.1. The van der Waals surface area contributed by atoms with Crippen LogP contribution in [-0.4, -0.2) is 0 Å². The normalized spacial score (nSPS) is 0. The Morgan fingerprint density at radius 1 is 0.750 bits per heavy atom. The second-order valence-corrected chi connectivity index (χ2v) is 0. The van der Waals surface area contributed by atoms with Crippen LogP contribution in [0, 0.1) is 0 Å². The van der Waals surface area contributed by atoms with Crippen molar-refractivity contribution in [2.24, 2.45) is 0 Å². The van der Waals surface area contributed by atoms with Gasteiger partial charge in [-0.05, 0) is 0 Å². The van der Waals surface area contributed by atoms with E-state index in [4.69, 9.17) is 0 Å². The Morgan fingerprint density at radius 3 is 0.750 bits per heavy atom. The molecule has 0 unspecified atom stereocenters. The van der Waals surface area contributed by atoms with E-state index in [1.54, 1.807) is 0 Å². The Morgan fingerprint density at radius 2 is 0.750 bits per heavy atom. The van der Waals surface area contributed by atoms with Crippen LogP contribution in [0.5, 0.6) is 0 Å². The van der Waals surface area contributed by atoms with Crippen LogP contribution in [0.1, 0.15) is 0 Å². The number of hydrogen-bond acceptors (Lipinski definition) is 0. The molecule has 0 saturated heterocycles. The molecule has 0 aliphatic rings. The molecule has 2 nitrogen and oxygen atoms in total. The Balaban J connectivity index is 0. The summed E-state index contributed by atoms with van der Waals surface area (Å²) in [6.07, 6.45) is 0. The van der Waals surface area contributed by atoms with Gasteiger partial charge in [-0.3, -0.25) is 0 Å². The first-order valence-corrected chi connectivity index (χ1v) is 0. The van der Waals surface area contributed by atoms with Crippen LogP contribution in [0.4, 0.5) is 0 Å². The summed E-state index contributed by atoms with van der Waals surface area (Å²) < 4.78 is 0. The van der Waals surface area contributed by atoms with Crippen LogP contribution < -0.4 is 4.70 Å². The van der Waals surface area contributed by atoms with Gasteiger partial charge in [0.05, 0.1) is 0 Å². The molecular formula is H4AgFN2-2. The number of nitrogens with two attached hydrogens (primary N) is 2. The monoisotopic (exact) mass is 158 g/mol. The third-order valence-electron chi connectivity index (χ3n) is 0. The summed E-state index contributed by atoms with van der Waals surface area (Å²) in [5, 5.41) is 0. The Kier molecular flexibility index (Phi) is 2940. The van der Waals surface area contributed by atoms with Gasteiger partial charge in [-0.25, -0.2) is 0 Å². The largest absolute Gasteiger partial charge is 1.00 e. The van der Waals surface area contributed by atoms with Crippen LogP contribution in [0.2, 0.25) is 0 Å². The summed E-state index contributed by atoms with van der Waals surface area (Å²) >= 11 is 0.